The fraction of sp³-hybridized carbons (Fsp3) is 0.500. The number of hydrogen-bond acceptors (Lipinski definition) is 4. The number of aromatic nitrogens is 2. The Hall–Kier alpha value is -1.78. The topological polar surface area (TPSA) is 38.2 Å². The van der Waals surface area contributed by atoms with E-state index in [2.05, 4.69) is 45.2 Å². The largest absolute Gasteiger partial charge is 0.374 e. The van der Waals surface area contributed by atoms with Gasteiger partial charge in [-0.2, -0.15) is 0 Å². The van der Waals surface area contributed by atoms with Crippen molar-refractivity contribution in [2.45, 2.75) is 37.2 Å². The molecule has 126 valence electrons. The molecule has 1 spiro atoms. The van der Waals surface area contributed by atoms with Gasteiger partial charge in [-0.25, -0.2) is 9.97 Å². The molecule has 2 aliphatic rings. The molecule has 2 saturated heterocycles. The highest BCUT2D eigenvalue weighted by atomic mass is 16.5. The van der Waals surface area contributed by atoms with Crippen LogP contribution >= 0.6 is 0 Å². The van der Waals surface area contributed by atoms with Gasteiger partial charge in [-0.3, -0.25) is 0 Å². The zero-order valence-electron chi connectivity index (χ0n) is 14.1. The smallest absolute Gasteiger partial charge is 0.115 e. The lowest BCUT2D eigenvalue weighted by atomic mass is 9.83. The molecule has 3 heterocycles. The lowest BCUT2D eigenvalue weighted by molar-refractivity contribution is -0.0431. The molecule has 0 amide bonds. The fourth-order valence-electron chi connectivity index (χ4n) is 4.04. The zero-order chi connectivity index (χ0) is 16.2. The number of nitrogens with zero attached hydrogens (tertiary/aromatic N) is 3. The Kier molecular flexibility index (Phi) is 4.58. The summed E-state index contributed by atoms with van der Waals surface area (Å²) < 4.78 is 6.28. The fourth-order valence-corrected chi connectivity index (χ4v) is 4.04. The van der Waals surface area contributed by atoms with E-state index in [0.717, 1.165) is 51.9 Å². The predicted octanol–water partition coefficient (Wildman–Crippen LogP) is 3.06. The van der Waals surface area contributed by atoms with Gasteiger partial charge >= 0.3 is 0 Å². The van der Waals surface area contributed by atoms with Crippen LogP contribution in [0.1, 0.15) is 36.3 Å². The Bertz CT molecular complexity index is 638. The van der Waals surface area contributed by atoms with Crippen LogP contribution in [0.2, 0.25) is 0 Å². The summed E-state index contributed by atoms with van der Waals surface area (Å²) in [5.41, 5.74) is 2.74. The number of likely N-dealkylation sites (tertiary alicyclic amines) is 1. The van der Waals surface area contributed by atoms with Gasteiger partial charge in [0, 0.05) is 37.9 Å². The number of benzene rings is 1. The van der Waals surface area contributed by atoms with Crippen molar-refractivity contribution in [3.05, 3.63) is 60.2 Å². The van der Waals surface area contributed by atoms with Crippen molar-refractivity contribution in [3.8, 4) is 0 Å². The lowest BCUT2D eigenvalue weighted by Crippen LogP contribution is -2.44. The maximum Gasteiger partial charge on any atom is 0.115 e. The van der Waals surface area contributed by atoms with Crippen LogP contribution in [-0.2, 0) is 11.2 Å². The van der Waals surface area contributed by atoms with Gasteiger partial charge in [0.25, 0.3) is 0 Å². The van der Waals surface area contributed by atoms with Crippen molar-refractivity contribution in [2.75, 3.05) is 26.2 Å². The van der Waals surface area contributed by atoms with E-state index in [1.54, 1.807) is 6.33 Å². The highest BCUT2D eigenvalue weighted by molar-refractivity contribution is 5.16. The van der Waals surface area contributed by atoms with Gasteiger partial charge in [0.15, 0.2) is 0 Å². The molecule has 0 radical (unpaired) electrons. The monoisotopic (exact) mass is 323 g/mol. The van der Waals surface area contributed by atoms with Crippen LogP contribution in [0.3, 0.4) is 0 Å². The maximum atomic E-state index is 6.28. The molecular weight excluding hydrogens is 298 g/mol. The van der Waals surface area contributed by atoms with Crippen molar-refractivity contribution < 1.29 is 4.74 Å². The van der Waals surface area contributed by atoms with Crippen LogP contribution in [0.5, 0.6) is 0 Å². The summed E-state index contributed by atoms with van der Waals surface area (Å²) in [5.74, 6) is 0.460. The van der Waals surface area contributed by atoms with Gasteiger partial charge in [-0.15, -0.1) is 0 Å². The van der Waals surface area contributed by atoms with Crippen LogP contribution in [0.25, 0.3) is 0 Å². The van der Waals surface area contributed by atoms with Gasteiger partial charge < -0.3 is 9.64 Å². The van der Waals surface area contributed by atoms with Gasteiger partial charge in [0.05, 0.1) is 12.2 Å². The highest BCUT2D eigenvalue weighted by Gasteiger charge is 2.43. The molecule has 2 aromatic rings. The molecule has 0 aliphatic carbocycles. The third kappa shape index (κ3) is 3.50. The van der Waals surface area contributed by atoms with E-state index in [1.165, 1.54) is 11.1 Å². The van der Waals surface area contributed by atoms with E-state index in [0.29, 0.717) is 5.92 Å². The van der Waals surface area contributed by atoms with E-state index < -0.39 is 0 Å². The first-order valence-electron chi connectivity index (χ1n) is 8.98. The van der Waals surface area contributed by atoms with E-state index >= 15 is 0 Å². The van der Waals surface area contributed by atoms with Crippen LogP contribution in [-0.4, -0.2) is 46.7 Å². The quantitative estimate of drug-likeness (QED) is 0.867. The SMILES string of the molecule is c1ccc(CCN2CCC3(CC2)C[C@H](c2cncnc2)CO3)cc1. The Morgan fingerprint density at radius 3 is 2.58 bits per heavy atom. The van der Waals surface area contributed by atoms with Crippen LogP contribution in [0.15, 0.2) is 49.1 Å². The summed E-state index contributed by atoms with van der Waals surface area (Å²) in [5, 5.41) is 0. The molecule has 24 heavy (non-hydrogen) atoms. The average molecular weight is 323 g/mol. The zero-order valence-corrected chi connectivity index (χ0v) is 14.1. The van der Waals surface area contributed by atoms with E-state index in [-0.39, 0.29) is 5.60 Å². The summed E-state index contributed by atoms with van der Waals surface area (Å²) in [6.07, 6.45) is 10.0. The standard InChI is InChI=1S/C20H25N3O/c1-2-4-17(5-3-1)6-9-23-10-7-20(8-11-23)12-18(15-24-20)19-13-21-16-22-14-19/h1-5,13-14,16,18H,6-12,15H2/t18-/m0/s1. The Morgan fingerprint density at radius 2 is 1.83 bits per heavy atom. The maximum absolute atomic E-state index is 6.28. The predicted molar refractivity (Wildman–Crippen MR) is 93.9 cm³/mol. The van der Waals surface area contributed by atoms with Gasteiger partial charge in [0.2, 0.25) is 0 Å². The molecule has 2 fully saturated rings. The molecule has 1 aromatic heterocycles. The van der Waals surface area contributed by atoms with Crippen molar-refractivity contribution in [2.24, 2.45) is 0 Å². The molecule has 2 aliphatic heterocycles. The van der Waals surface area contributed by atoms with E-state index in [9.17, 15) is 0 Å². The molecule has 4 rings (SSSR count). The van der Waals surface area contributed by atoms with Crippen molar-refractivity contribution in [1.29, 1.82) is 0 Å². The number of rotatable bonds is 4. The van der Waals surface area contributed by atoms with Crippen molar-refractivity contribution >= 4 is 0 Å². The second kappa shape index (κ2) is 6.99. The van der Waals surface area contributed by atoms with Gasteiger partial charge in [-0.05, 0) is 36.8 Å². The van der Waals surface area contributed by atoms with Crippen LogP contribution in [0.4, 0.5) is 0 Å². The minimum Gasteiger partial charge on any atom is -0.374 e. The second-order valence-electron chi connectivity index (χ2n) is 7.14. The second-order valence-corrected chi connectivity index (χ2v) is 7.14. The van der Waals surface area contributed by atoms with Crippen molar-refractivity contribution in [1.82, 2.24) is 14.9 Å². The molecule has 0 N–H and O–H groups in total. The van der Waals surface area contributed by atoms with Gasteiger partial charge in [-0.1, -0.05) is 30.3 Å². The average Bonchev–Trinajstić information content (AvgIpc) is 3.07. The number of ether oxygens (including phenoxy) is 1. The minimum atomic E-state index is 0.0871. The Balaban J connectivity index is 1.28. The summed E-state index contributed by atoms with van der Waals surface area (Å²) in [4.78, 5) is 10.9. The first-order chi connectivity index (χ1) is 11.8. The minimum absolute atomic E-state index is 0.0871. The molecule has 0 bridgehead atoms. The third-order valence-corrected chi connectivity index (χ3v) is 5.59. The third-order valence-electron chi connectivity index (χ3n) is 5.59. The van der Waals surface area contributed by atoms with Crippen LogP contribution in [0, 0.1) is 0 Å². The summed E-state index contributed by atoms with van der Waals surface area (Å²) >= 11 is 0. The first kappa shape index (κ1) is 15.7. The Labute approximate surface area is 143 Å². The lowest BCUT2D eigenvalue weighted by Gasteiger charge is -2.38. The highest BCUT2D eigenvalue weighted by Crippen LogP contribution is 2.42. The van der Waals surface area contributed by atoms with Gasteiger partial charge in [0.1, 0.15) is 6.33 Å². The van der Waals surface area contributed by atoms with E-state index in [1.807, 2.05) is 12.4 Å². The first-order valence-corrected chi connectivity index (χ1v) is 8.98. The number of piperidine rings is 1. The molecule has 4 heteroatoms. The van der Waals surface area contributed by atoms with E-state index in [4.69, 9.17) is 4.74 Å². The molecule has 4 nitrogen and oxygen atoms in total. The molecule has 0 saturated carbocycles. The van der Waals surface area contributed by atoms with Crippen LogP contribution < -0.4 is 0 Å². The summed E-state index contributed by atoms with van der Waals surface area (Å²) in [7, 11) is 0. The summed E-state index contributed by atoms with van der Waals surface area (Å²) in [6, 6.07) is 10.8. The molecule has 0 unspecified atom stereocenters. The number of hydrogen-bond donors (Lipinski definition) is 0. The molecule has 1 aromatic carbocycles. The Morgan fingerprint density at radius 1 is 1.08 bits per heavy atom. The van der Waals surface area contributed by atoms with Crippen molar-refractivity contribution in [3.63, 3.8) is 0 Å². The molecular formula is C20H25N3O. The summed E-state index contributed by atoms with van der Waals surface area (Å²) in [6.45, 7) is 4.25. The normalized spacial score (nSPS) is 23.6. The molecule has 1 atom stereocenters.